The highest BCUT2D eigenvalue weighted by molar-refractivity contribution is 6.54. The molecule has 1 heterocycles. The Morgan fingerprint density at radius 2 is 1.22 bits per heavy atom. The van der Waals surface area contributed by atoms with Crippen LogP contribution in [0.1, 0.15) is 35.0 Å². The van der Waals surface area contributed by atoms with Crippen LogP contribution in [0.25, 0.3) is 5.57 Å². The van der Waals surface area contributed by atoms with Crippen LogP contribution in [0.5, 0.6) is 0 Å². The maximum Gasteiger partial charge on any atom is 0.217 e. The maximum atomic E-state index is 4.81. The smallest absolute Gasteiger partial charge is 0.217 e. The van der Waals surface area contributed by atoms with Gasteiger partial charge in [-0.05, 0) is 46.6 Å². The van der Waals surface area contributed by atoms with Gasteiger partial charge in [0.25, 0.3) is 0 Å². The number of allylic oxidation sites excluding steroid dienone is 1. The number of benzene rings is 4. The van der Waals surface area contributed by atoms with Gasteiger partial charge < -0.3 is 4.57 Å². The van der Waals surface area contributed by atoms with Crippen LogP contribution < -0.4 is 5.72 Å². The summed E-state index contributed by atoms with van der Waals surface area (Å²) in [5, 5.41) is 0. The number of hydrogen-bond donors (Lipinski definition) is 0. The Morgan fingerprint density at radius 3 is 1.73 bits per heavy atom. The predicted molar refractivity (Wildman–Crippen MR) is 162 cm³/mol. The summed E-state index contributed by atoms with van der Waals surface area (Å²) in [6.45, 7) is 2.32. The van der Waals surface area contributed by atoms with Crippen LogP contribution in [0.15, 0.2) is 139 Å². The Kier molecular flexibility index (Phi) is 8.29. The summed E-state index contributed by atoms with van der Waals surface area (Å²) in [5.74, 6) is 0.301. The zero-order valence-electron chi connectivity index (χ0n) is 21.5. The largest absolute Gasteiger partial charge is 0.347 e. The van der Waals surface area contributed by atoms with E-state index in [0.29, 0.717) is 5.82 Å². The summed E-state index contributed by atoms with van der Waals surface area (Å²) in [6, 6.07) is 44.5. The van der Waals surface area contributed by atoms with E-state index in [9.17, 15) is 0 Å². The SMILES string of the molecule is CC(C[SiH2]Cn1ccnc1BC(c1ccccc1)c1ccccc1)=C(c1ccccc1)c1ccccc1. The lowest BCUT2D eigenvalue weighted by molar-refractivity contribution is 0.897. The molecule has 0 bridgehead atoms. The zero-order valence-corrected chi connectivity index (χ0v) is 22.9. The van der Waals surface area contributed by atoms with E-state index in [1.165, 1.54) is 45.2 Å². The van der Waals surface area contributed by atoms with Crippen molar-refractivity contribution in [3.8, 4) is 0 Å². The van der Waals surface area contributed by atoms with Crippen molar-refractivity contribution in [1.82, 2.24) is 9.55 Å². The molecule has 5 aromatic rings. The molecule has 4 aromatic carbocycles. The van der Waals surface area contributed by atoms with Crippen LogP contribution in [0, 0.1) is 0 Å². The van der Waals surface area contributed by atoms with E-state index in [0.717, 1.165) is 13.4 Å². The van der Waals surface area contributed by atoms with Crippen molar-refractivity contribution in [2.45, 2.75) is 25.0 Å². The molecule has 0 saturated heterocycles. The fourth-order valence-corrected chi connectivity index (χ4v) is 6.91. The summed E-state index contributed by atoms with van der Waals surface area (Å²) >= 11 is 0. The minimum atomic E-state index is -0.373. The van der Waals surface area contributed by atoms with Gasteiger partial charge in [0.05, 0.1) is 5.72 Å². The molecule has 182 valence electrons. The standard InChI is InChI=1S/C33H33BN2Si/c1-26(31(27-14-6-2-7-15-27)28-16-8-3-9-17-28)24-37-25-36-23-22-35-33(36)34-32(29-18-10-4-11-19-29)30-20-12-5-13-21-30/h2-23,32,34H,24-25,37H2,1H3. The monoisotopic (exact) mass is 496 g/mol. The lowest BCUT2D eigenvalue weighted by Crippen LogP contribution is -2.32. The molecule has 0 aliphatic rings. The van der Waals surface area contributed by atoms with E-state index in [1.807, 2.05) is 6.20 Å². The fourth-order valence-electron chi connectivity index (χ4n) is 5.22. The molecule has 0 N–H and O–H groups in total. The molecule has 0 spiro atoms. The molecule has 0 radical (unpaired) electrons. The molecule has 0 unspecified atom stereocenters. The van der Waals surface area contributed by atoms with Gasteiger partial charge in [-0.3, -0.25) is 4.98 Å². The van der Waals surface area contributed by atoms with Gasteiger partial charge in [-0.1, -0.05) is 127 Å². The summed E-state index contributed by atoms with van der Waals surface area (Å²) in [5.41, 5.74) is 9.33. The Bertz CT molecular complexity index is 1330. The first-order chi connectivity index (χ1) is 18.3. The molecule has 1 aromatic heterocycles. The third-order valence-corrected chi connectivity index (χ3v) is 9.00. The minimum Gasteiger partial charge on any atom is -0.347 e. The molecule has 2 nitrogen and oxygen atoms in total. The van der Waals surface area contributed by atoms with E-state index < -0.39 is 0 Å². The second kappa shape index (κ2) is 12.4. The van der Waals surface area contributed by atoms with Gasteiger partial charge in [0, 0.05) is 28.1 Å². The van der Waals surface area contributed by atoms with Gasteiger partial charge in [-0.2, -0.15) is 0 Å². The van der Waals surface area contributed by atoms with E-state index >= 15 is 0 Å². The average Bonchev–Trinajstić information content (AvgIpc) is 3.41. The van der Waals surface area contributed by atoms with E-state index in [1.54, 1.807) is 0 Å². The molecule has 0 aliphatic carbocycles. The molecule has 0 aliphatic heterocycles. The normalized spacial score (nSPS) is 11.2. The molecule has 37 heavy (non-hydrogen) atoms. The van der Waals surface area contributed by atoms with Crippen molar-refractivity contribution in [1.29, 1.82) is 0 Å². The zero-order chi connectivity index (χ0) is 25.3. The van der Waals surface area contributed by atoms with Gasteiger partial charge in [0.1, 0.15) is 0 Å². The van der Waals surface area contributed by atoms with E-state index in [-0.39, 0.29) is 9.52 Å². The van der Waals surface area contributed by atoms with E-state index in [2.05, 4.69) is 139 Å². The van der Waals surface area contributed by atoms with Crippen molar-refractivity contribution in [3.05, 3.63) is 162 Å². The summed E-state index contributed by atoms with van der Waals surface area (Å²) in [6.07, 6.45) is 5.24. The van der Waals surface area contributed by atoms with Crippen LogP contribution in [0.2, 0.25) is 6.04 Å². The van der Waals surface area contributed by atoms with Crippen molar-refractivity contribution in [2.75, 3.05) is 0 Å². The number of imidazole rings is 1. The molecule has 0 atom stereocenters. The number of aromatic nitrogens is 2. The second-order valence-corrected chi connectivity index (χ2v) is 11.3. The highest BCUT2D eigenvalue weighted by Gasteiger charge is 2.19. The quantitative estimate of drug-likeness (QED) is 0.224. The van der Waals surface area contributed by atoms with Crippen molar-refractivity contribution in [2.24, 2.45) is 0 Å². The van der Waals surface area contributed by atoms with E-state index in [4.69, 9.17) is 4.98 Å². The Balaban J connectivity index is 1.33. The molecule has 0 fully saturated rings. The summed E-state index contributed by atoms with van der Waals surface area (Å²) < 4.78 is 2.41. The van der Waals surface area contributed by atoms with Crippen molar-refractivity contribution >= 4 is 28.1 Å². The molecular weight excluding hydrogens is 463 g/mol. The molecule has 0 saturated carbocycles. The lowest BCUT2D eigenvalue weighted by atomic mass is 9.58. The first kappa shape index (κ1) is 24.8. The second-order valence-electron chi connectivity index (χ2n) is 9.61. The third-order valence-electron chi connectivity index (χ3n) is 7.09. The molecule has 4 heteroatoms. The van der Waals surface area contributed by atoms with Crippen LogP contribution in [-0.4, -0.2) is 26.4 Å². The van der Waals surface area contributed by atoms with Crippen molar-refractivity contribution < 1.29 is 0 Å². The van der Waals surface area contributed by atoms with Crippen LogP contribution in [0.4, 0.5) is 0 Å². The first-order valence-corrected chi connectivity index (χ1v) is 15.2. The highest BCUT2D eigenvalue weighted by Crippen LogP contribution is 2.28. The highest BCUT2D eigenvalue weighted by atomic mass is 28.2. The van der Waals surface area contributed by atoms with Gasteiger partial charge in [-0.15, -0.1) is 0 Å². The van der Waals surface area contributed by atoms with Crippen LogP contribution >= 0.6 is 0 Å². The number of rotatable bonds is 10. The fraction of sp³-hybridized carbons (Fsp3) is 0.121. The van der Waals surface area contributed by atoms with Gasteiger partial charge in [0.15, 0.2) is 0 Å². The maximum absolute atomic E-state index is 4.81. The Morgan fingerprint density at radius 1 is 0.730 bits per heavy atom. The third kappa shape index (κ3) is 6.28. The molecular formula is C33H33BN2Si. The predicted octanol–water partition coefficient (Wildman–Crippen LogP) is 5.80. The van der Waals surface area contributed by atoms with Crippen LogP contribution in [0.3, 0.4) is 0 Å². The Labute approximate surface area is 223 Å². The number of nitrogens with zero attached hydrogens (tertiary/aromatic N) is 2. The average molecular weight is 497 g/mol. The van der Waals surface area contributed by atoms with Gasteiger partial charge in [-0.25, -0.2) is 0 Å². The minimum absolute atomic E-state index is 0.301. The van der Waals surface area contributed by atoms with Crippen molar-refractivity contribution in [3.63, 3.8) is 0 Å². The Hall–Kier alpha value is -3.89. The summed E-state index contributed by atoms with van der Waals surface area (Å²) in [7, 11) is 0.533. The van der Waals surface area contributed by atoms with Gasteiger partial charge >= 0.3 is 0 Å². The topological polar surface area (TPSA) is 17.8 Å². The van der Waals surface area contributed by atoms with Gasteiger partial charge in [0.2, 0.25) is 7.28 Å². The molecule has 5 rings (SSSR count). The van der Waals surface area contributed by atoms with Crippen LogP contribution in [-0.2, 0) is 6.17 Å². The first-order valence-electron chi connectivity index (χ1n) is 13.2. The number of hydrogen-bond acceptors (Lipinski definition) is 1. The summed E-state index contributed by atoms with van der Waals surface area (Å²) in [4.78, 5) is 4.81. The molecule has 0 amide bonds. The lowest BCUT2D eigenvalue weighted by Gasteiger charge is -2.18.